The molecule has 2 aromatic rings. The van der Waals surface area contributed by atoms with Crippen molar-refractivity contribution in [2.75, 3.05) is 32.1 Å². The van der Waals surface area contributed by atoms with Crippen LogP contribution in [0.1, 0.15) is 23.0 Å². The van der Waals surface area contributed by atoms with Crippen LogP contribution in [0.5, 0.6) is 5.88 Å². The minimum Gasteiger partial charge on any atom is -0.461 e. The maximum absolute atomic E-state index is 15.0. The van der Waals surface area contributed by atoms with Gasteiger partial charge in [0.15, 0.2) is 0 Å². The first-order valence-corrected chi connectivity index (χ1v) is 10.2. The van der Waals surface area contributed by atoms with Gasteiger partial charge in [-0.2, -0.15) is 0 Å². The first-order valence-electron chi connectivity index (χ1n) is 10.2. The molecular weight excluding hydrogens is 443 g/mol. The van der Waals surface area contributed by atoms with Gasteiger partial charge in [-0.3, -0.25) is 4.79 Å². The van der Waals surface area contributed by atoms with Crippen molar-refractivity contribution in [2.45, 2.75) is 18.6 Å². The van der Waals surface area contributed by atoms with Crippen molar-refractivity contribution < 1.29 is 32.2 Å². The average Bonchev–Trinajstić information content (AvgIpc) is 2.81. The lowest BCUT2D eigenvalue weighted by atomic mass is 9.72. The Balaban J connectivity index is 1.66. The Hall–Kier alpha value is -3.41. The zero-order valence-corrected chi connectivity index (χ0v) is 17.6. The molecule has 0 spiro atoms. The number of hydrogen-bond donors (Lipinski definition) is 2. The monoisotopic (exact) mass is 465 g/mol. The number of halogens is 3. The van der Waals surface area contributed by atoms with E-state index in [4.69, 9.17) is 15.2 Å². The Labute approximate surface area is 187 Å². The van der Waals surface area contributed by atoms with Crippen LogP contribution in [0, 0.1) is 17.7 Å². The summed E-state index contributed by atoms with van der Waals surface area (Å²) in [5.41, 5.74) is 4.17. The lowest BCUT2D eigenvalue weighted by Crippen LogP contribution is -2.57. The molecule has 1 aromatic carbocycles. The second-order valence-corrected chi connectivity index (χ2v) is 7.85. The highest BCUT2D eigenvalue weighted by Crippen LogP contribution is 2.45. The van der Waals surface area contributed by atoms with Gasteiger partial charge in [0.05, 0.1) is 31.5 Å². The highest BCUT2D eigenvalue weighted by atomic mass is 19.1. The van der Waals surface area contributed by atoms with Crippen LogP contribution in [0.4, 0.5) is 18.9 Å². The molecule has 0 aliphatic carbocycles. The number of hydrogen-bond acceptors (Lipinski definition) is 8. The van der Waals surface area contributed by atoms with E-state index >= 15 is 4.39 Å². The predicted octanol–water partition coefficient (Wildman–Crippen LogP) is 2.33. The van der Waals surface area contributed by atoms with Crippen molar-refractivity contribution in [1.82, 2.24) is 9.97 Å². The summed E-state index contributed by atoms with van der Waals surface area (Å²) in [7, 11) is 0. The van der Waals surface area contributed by atoms with Crippen molar-refractivity contribution >= 4 is 17.6 Å². The summed E-state index contributed by atoms with van der Waals surface area (Å²) in [6.07, 6.45) is 1.68. The lowest BCUT2D eigenvalue weighted by molar-refractivity contribution is -0.109. The normalized spacial score (nSPS) is 26.5. The molecule has 2 aliphatic rings. The maximum Gasteiger partial charge on any atom is 0.283 e. The fraction of sp³-hybridized carbons (Fsp3) is 0.429. The minimum absolute atomic E-state index is 0.0838. The fourth-order valence-electron chi connectivity index (χ4n) is 4.18. The molecule has 3 heterocycles. The molecule has 1 aromatic heterocycles. The number of benzene rings is 1. The van der Waals surface area contributed by atoms with Crippen molar-refractivity contribution in [3.8, 4) is 5.88 Å². The van der Waals surface area contributed by atoms with Gasteiger partial charge in [-0.05, 0) is 18.2 Å². The number of amides is 1. The number of alkyl halides is 2. The second kappa shape index (κ2) is 9.22. The Morgan fingerprint density at radius 3 is 2.82 bits per heavy atom. The average molecular weight is 465 g/mol. The first kappa shape index (κ1) is 22.8. The Bertz CT molecular complexity index is 1050. The predicted molar refractivity (Wildman–Crippen MR) is 111 cm³/mol. The van der Waals surface area contributed by atoms with E-state index in [1.807, 2.05) is 6.92 Å². The molecule has 176 valence electrons. The Kier molecular flexibility index (Phi) is 6.36. The van der Waals surface area contributed by atoms with Gasteiger partial charge >= 0.3 is 0 Å². The molecule has 33 heavy (non-hydrogen) atoms. The summed E-state index contributed by atoms with van der Waals surface area (Å²) in [5.74, 6) is -2.21. The molecule has 4 atom stereocenters. The lowest BCUT2D eigenvalue weighted by Gasteiger charge is -2.47. The Morgan fingerprint density at radius 1 is 1.30 bits per heavy atom. The van der Waals surface area contributed by atoms with Crippen LogP contribution in [0.15, 0.2) is 35.6 Å². The third-order valence-corrected chi connectivity index (χ3v) is 5.77. The third kappa shape index (κ3) is 4.30. The van der Waals surface area contributed by atoms with Gasteiger partial charge in [-0.15, -0.1) is 0 Å². The number of amidine groups is 1. The van der Waals surface area contributed by atoms with E-state index in [0.717, 1.165) is 18.5 Å². The van der Waals surface area contributed by atoms with Gasteiger partial charge in [0, 0.05) is 17.2 Å². The summed E-state index contributed by atoms with van der Waals surface area (Å²) in [6.45, 7) is 0.235. The van der Waals surface area contributed by atoms with Crippen LogP contribution in [0.3, 0.4) is 0 Å². The molecule has 0 bridgehead atoms. The van der Waals surface area contributed by atoms with Crippen LogP contribution in [0.25, 0.3) is 0 Å². The second-order valence-electron chi connectivity index (χ2n) is 7.85. The zero-order valence-electron chi connectivity index (χ0n) is 17.6. The molecular formula is C21H22F3N5O4. The van der Waals surface area contributed by atoms with Gasteiger partial charge in [-0.1, -0.05) is 6.92 Å². The topological polar surface area (TPSA) is 121 Å². The van der Waals surface area contributed by atoms with E-state index in [1.54, 1.807) is 0 Å². The van der Waals surface area contributed by atoms with E-state index in [-0.39, 0.29) is 41.4 Å². The van der Waals surface area contributed by atoms with Crippen LogP contribution >= 0.6 is 0 Å². The standard InChI is InChI=1S/C21H22F3N5O4/c1-11-7-31-8-14-18(11)33-20(25)29-21(14,9-22)13-4-12(2-3-15(13)24)28-19(30)16-5-27-17(6-26-16)32-10-23/h2-6,11,14,18H,7-10H2,1H3,(H2,25,29)(H,28,30)/t11-,14-,18+,21+/m0/s1. The van der Waals surface area contributed by atoms with Crippen LogP contribution in [0.2, 0.25) is 0 Å². The number of aromatic nitrogens is 2. The van der Waals surface area contributed by atoms with Gasteiger partial charge < -0.3 is 25.3 Å². The van der Waals surface area contributed by atoms with E-state index in [1.165, 1.54) is 12.1 Å². The minimum atomic E-state index is -1.68. The van der Waals surface area contributed by atoms with Gasteiger partial charge in [-0.25, -0.2) is 28.1 Å². The molecule has 9 nitrogen and oxygen atoms in total. The van der Waals surface area contributed by atoms with Gasteiger partial charge in [0.2, 0.25) is 12.7 Å². The van der Waals surface area contributed by atoms with Crippen molar-refractivity contribution in [2.24, 2.45) is 22.6 Å². The number of ether oxygens (including phenoxy) is 3. The summed E-state index contributed by atoms with van der Waals surface area (Å²) in [4.78, 5) is 24.3. The number of fused-ring (bicyclic) bond motifs is 1. The van der Waals surface area contributed by atoms with E-state index in [9.17, 15) is 13.6 Å². The van der Waals surface area contributed by atoms with Gasteiger partial charge in [0.25, 0.3) is 11.9 Å². The van der Waals surface area contributed by atoms with Crippen molar-refractivity contribution in [3.05, 3.63) is 47.7 Å². The highest BCUT2D eigenvalue weighted by molar-refractivity contribution is 6.02. The smallest absolute Gasteiger partial charge is 0.283 e. The number of aliphatic imine (C=N–C) groups is 1. The molecule has 0 unspecified atom stereocenters. The highest BCUT2D eigenvalue weighted by Gasteiger charge is 2.53. The third-order valence-electron chi connectivity index (χ3n) is 5.77. The molecule has 0 saturated carbocycles. The fourth-order valence-corrected chi connectivity index (χ4v) is 4.18. The maximum atomic E-state index is 15.0. The number of carbonyl (C=O) groups is 1. The quantitative estimate of drug-likeness (QED) is 0.672. The van der Waals surface area contributed by atoms with Crippen molar-refractivity contribution in [3.63, 3.8) is 0 Å². The summed E-state index contributed by atoms with van der Waals surface area (Å²) in [6, 6.07) is 3.50. The van der Waals surface area contributed by atoms with Crippen LogP contribution in [-0.4, -0.2) is 54.7 Å². The first-order chi connectivity index (χ1) is 15.9. The number of nitrogens with two attached hydrogens (primary N) is 1. The molecule has 2 aliphatic heterocycles. The van der Waals surface area contributed by atoms with Crippen LogP contribution in [-0.2, 0) is 15.0 Å². The molecule has 12 heteroatoms. The number of nitrogens with one attached hydrogen (secondary N) is 1. The molecule has 1 fully saturated rings. The van der Waals surface area contributed by atoms with E-state index < -0.39 is 42.8 Å². The molecule has 3 N–H and O–H groups in total. The van der Waals surface area contributed by atoms with Gasteiger partial charge in [0.1, 0.15) is 29.8 Å². The SMILES string of the molecule is C[C@H]1COC[C@H]2[C@@H]1OC(N)=N[C@]2(CF)c1cc(NC(=O)c2cnc(OCF)cn2)ccc1F. The number of rotatable bonds is 6. The molecule has 0 radical (unpaired) electrons. The number of carbonyl (C=O) groups excluding carboxylic acids is 1. The summed E-state index contributed by atoms with van der Waals surface area (Å²) < 4.78 is 57.6. The summed E-state index contributed by atoms with van der Waals surface area (Å²) >= 11 is 0. The molecule has 1 saturated heterocycles. The van der Waals surface area contributed by atoms with Crippen molar-refractivity contribution in [1.29, 1.82) is 0 Å². The largest absolute Gasteiger partial charge is 0.461 e. The van der Waals surface area contributed by atoms with Crippen LogP contribution < -0.4 is 15.8 Å². The molecule has 4 rings (SSSR count). The summed E-state index contributed by atoms with van der Waals surface area (Å²) in [5, 5.41) is 2.56. The zero-order chi connectivity index (χ0) is 23.6. The van der Waals surface area contributed by atoms with E-state index in [0.29, 0.717) is 6.61 Å². The Morgan fingerprint density at radius 2 is 2.12 bits per heavy atom. The number of nitrogens with zero attached hydrogens (tertiary/aromatic N) is 3. The number of anilines is 1. The van der Waals surface area contributed by atoms with E-state index in [2.05, 4.69) is 25.0 Å². The molecule has 1 amide bonds.